The molecule has 0 spiro atoms. The van der Waals surface area contributed by atoms with E-state index in [-0.39, 0.29) is 0 Å². The monoisotopic (exact) mass is 222 g/mol. The molecule has 1 aromatic carbocycles. The summed E-state index contributed by atoms with van der Waals surface area (Å²) >= 11 is 0. The fourth-order valence-corrected chi connectivity index (χ4v) is 1.93. The average molecular weight is 222 g/mol. The minimum Gasteiger partial charge on any atom is -0.274 e. The molecule has 2 heterocycles. The van der Waals surface area contributed by atoms with Crippen LogP contribution in [0.3, 0.4) is 0 Å². The van der Waals surface area contributed by atoms with Crippen LogP contribution in [0.15, 0.2) is 30.7 Å². The summed E-state index contributed by atoms with van der Waals surface area (Å²) in [6.07, 6.45) is 5.54. The molecule has 0 aliphatic heterocycles. The number of aryl methyl sites for hydroxylation is 2. The van der Waals surface area contributed by atoms with Crippen molar-refractivity contribution in [2.45, 2.75) is 6.92 Å². The van der Waals surface area contributed by atoms with Crippen LogP contribution in [0.5, 0.6) is 0 Å². The van der Waals surface area contributed by atoms with Gasteiger partial charge in [0.2, 0.25) is 0 Å². The van der Waals surface area contributed by atoms with Gasteiger partial charge < -0.3 is 0 Å². The van der Waals surface area contributed by atoms with Gasteiger partial charge in [-0.1, -0.05) is 11.0 Å². The van der Waals surface area contributed by atoms with E-state index in [4.69, 9.17) is 7.85 Å². The Bertz CT molecular complexity index is 696. The van der Waals surface area contributed by atoms with E-state index in [1.165, 1.54) is 0 Å². The third kappa shape index (κ3) is 1.55. The Kier molecular flexibility index (Phi) is 2.08. The molecule has 0 saturated carbocycles. The Balaban J connectivity index is 2.27. The topological polar surface area (TPSA) is 35.6 Å². The molecule has 3 rings (SSSR count). The molecule has 4 nitrogen and oxygen atoms in total. The van der Waals surface area contributed by atoms with Crippen LogP contribution in [0, 0.1) is 6.92 Å². The fourth-order valence-electron chi connectivity index (χ4n) is 1.93. The smallest absolute Gasteiger partial charge is 0.114 e. The molecule has 2 aromatic heterocycles. The molecule has 0 saturated heterocycles. The average Bonchev–Trinajstić information content (AvgIpc) is 2.86. The van der Waals surface area contributed by atoms with Gasteiger partial charge in [0.15, 0.2) is 0 Å². The second-order valence-electron chi connectivity index (χ2n) is 4.20. The Morgan fingerprint density at radius 1 is 1.18 bits per heavy atom. The van der Waals surface area contributed by atoms with E-state index < -0.39 is 0 Å². The predicted octanol–water partition coefficient (Wildman–Crippen LogP) is 0.861. The van der Waals surface area contributed by atoms with Crippen molar-refractivity contribution < 1.29 is 0 Å². The van der Waals surface area contributed by atoms with E-state index in [1.807, 2.05) is 43.2 Å². The zero-order chi connectivity index (χ0) is 12.0. The number of benzene rings is 1. The van der Waals surface area contributed by atoms with E-state index in [9.17, 15) is 0 Å². The van der Waals surface area contributed by atoms with Gasteiger partial charge in [-0.2, -0.15) is 10.2 Å². The highest BCUT2D eigenvalue weighted by Crippen LogP contribution is 2.17. The summed E-state index contributed by atoms with van der Waals surface area (Å²) in [5, 5.41) is 9.60. The molecule has 0 amide bonds. The molecule has 5 heteroatoms. The summed E-state index contributed by atoms with van der Waals surface area (Å²) in [6.45, 7) is 2.00. The fraction of sp³-hybridized carbons (Fsp3) is 0.167. The van der Waals surface area contributed by atoms with Crippen molar-refractivity contribution in [2.75, 3.05) is 0 Å². The molecule has 0 atom stereocenters. The number of hydrogen-bond donors (Lipinski definition) is 0. The summed E-state index contributed by atoms with van der Waals surface area (Å²) in [7, 11) is 7.82. The van der Waals surface area contributed by atoms with Crippen molar-refractivity contribution in [3.63, 3.8) is 0 Å². The van der Waals surface area contributed by atoms with Crippen LogP contribution >= 0.6 is 0 Å². The minimum absolute atomic E-state index is 0.781. The zero-order valence-electron chi connectivity index (χ0n) is 9.75. The zero-order valence-corrected chi connectivity index (χ0v) is 9.75. The summed E-state index contributed by atoms with van der Waals surface area (Å²) in [5.41, 5.74) is 3.79. The Labute approximate surface area is 100 Å². The molecule has 17 heavy (non-hydrogen) atoms. The lowest BCUT2D eigenvalue weighted by atomic mass is 9.90. The highest BCUT2D eigenvalue weighted by molar-refractivity contribution is 6.34. The first-order valence-electron chi connectivity index (χ1n) is 5.38. The molecule has 0 unspecified atom stereocenters. The molecule has 2 radical (unpaired) electrons. The molecule has 3 aromatic rings. The molecule has 0 bridgehead atoms. The third-order valence-electron chi connectivity index (χ3n) is 2.89. The van der Waals surface area contributed by atoms with Crippen LogP contribution in [0.4, 0.5) is 0 Å². The molecule has 0 N–H and O–H groups in total. The second-order valence-corrected chi connectivity index (χ2v) is 4.20. The number of aromatic nitrogens is 4. The number of nitrogens with zero attached hydrogens (tertiary/aromatic N) is 4. The van der Waals surface area contributed by atoms with Crippen molar-refractivity contribution in [3.05, 3.63) is 36.3 Å². The summed E-state index contributed by atoms with van der Waals surface area (Å²) in [4.78, 5) is 0. The normalized spacial score (nSPS) is 11.2. The van der Waals surface area contributed by atoms with Crippen LogP contribution < -0.4 is 5.46 Å². The SMILES string of the molecule is [B]c1cc2c(cnn2-c2cnn(C)c2)cc1C. The second kappa shape index (κ2) is 3.48. The van der Waals surface area contributed by atoms with Gasteiger partial charge in [0.05, 0.1) is 24.1 Å². The maximum atomic E-state index is 5.94. The van der Waals surface area contributed by atoms with Crippen molar-refractivity contribution in [3.8, 4) is 5.69 Å². The molecular formula is C12H11BN4. The van der Waals surface area contributed by atoms with Crippen LogP contribution in [0.25, 0.3) is 16.6 Å². The van der Waals surface area contributed by atoms with Crippen LogP contribution in [-0.2, 0) is 7.05 Å². The Morgan fingerprint density at radius 3 is 2.71 bits per heavy atom. The minimum atomic E-state index is 0.781. The molecule has 0 aliphatic rings. The number of rotatable bonds is 1. The van der Waals surface area contributed by atoms with Gasteiger partial charge in [0.1, 0.15) is 13.5 Å². The first-order valence-corrected chi connectivity index (χ1v) is 5.38. The summed E-state index contributed by atoms with van der Waals surface area (Å²) < 4.78 is 3.60. The van der Waals surface area contributed by atoms with Gasteiger partial charge >= 0.3 is 0 Å². The first-order chi connectivity index (χ1) is 8.15. The first kappa shape index (κ1) is 10.1. The standard InChI is InChI=1S/C12H11BN4/c1-8-3-9-5-15-17(12(9)4-11(8)13)10-6-14-16(2)7-10/h3-7H,1-2H3. The van der Waals surface area contributed by atoms with Gasteiger partial charge in [-0.15, -0.1) is 0 Å². The largest absolute Gasteiger partial charge is 0.274 e. The lowest BCUT2D eigenvalue weighted by Gasteiger charge is -2.03. The van der Waals surface area contributed by atoms with Crippen LogP contribution in [0.1, 0.15) is 5.56 Å². The number of fused-ring (bicyclic) bond motifs is 1. The van der Waals surface area contributed by atoms with Gasteiger partial charge in [0.25, 0.3) is 0 Å². The molecular weight excluding hydrogens is 211 g/mol. The lowest BCUT2D eigenvalue weighted by molar-refractivity contribution is 0.766. The highest BCUT2D eigenvalue weighted by atomic mass is 15.3. The van der Waals surface area contributed by atoms with Gasteiger partial charge in [-0.3, -0.25) is 4.68 Å². The van der Waals surface area contributed by atoms with Gasteiger partial charge in [-0.25, -0.2) is 4.68 Å². The van der Waals surface area contributed by atoms with E-state index in [0.29, 0.717) is 0 Å². The van der Waals surface area contributed by atoms with E-state index in [0.717, 1.165) is 27.6 Å². The Hall–Kier alpha value is -2.04. The summed E-state index contributed by atoms with van der Waals surface area (Å²) in [6, 6.07) is 4.00. The van der Waals surface area contributed by atoms with Gasteiger partial charge in [0, 0.05) is 12.4 Å². The highest BCUT2D eigenvalue weighted by Gasteiger charge is 2.07. The van der Waals surface area contributed by atoms with E-state index in [2.05, 4.69) is 10.2 Å². The van der Waals surface area contributed by atoms with Crippen LogP contribution in [0.2, 0.25) is 0 Å². The number of hydrogen-bond acceptors (Lipinski definition) is 2. The summed E-state index contributed by atoms with van der Waals surface area (Å²) in [5.74, 6) is 0. The molecule has 82 valence electrons. The third-order valence-corrected chi connectivity index (χ3v) is 2.89. The van der Waals surface area contributed by atoms with E-state index >= 15 is 0 Å². The predicted molar refractivity (Wildman–Crippen MR) is 68.0 cm³/mol. The molecule has 0 fully saturated rings. The van der Waals surface area contributed by atoms with Crippen molar-refractivity contribution >= 4 is 24.2 Å². The maximum absolute atomic E-state index is 5.94. The lowest BCUT2D eigenvalue weighted by Crippen LogP contribution is -2.07. The maximum Gasteiger partial charge on any atom is 0.114 e. The van der Waals surface area contributed by atoms with Gasteiger partial charge in [-0.05, 0) is 19.1 Å². The molecule has 0 aliphatic carbocycles. The van der Waals surface area contributed by atoms with Crippen molar-refractivity contribution in [1.82, 2.24) is 19.6 Å². The van der Waals surface area contributed by atoms with Crippen molar-refractivity contribution in [1.29, 1.82) is 0 Å². The van der Waals surface area contributed by atoms with E-state index in [1.54, 1.807) is 10.9 Å². The quantitative estimate of drug-likeness (QED) is 0.572. The van der Waals surface area contributed by atoms with Crippen molar-refractivity contribution in [2.24, 2.45) is 7.05 Å². The van der Waals surface area contributed by atoms with Crippen LogP contribution in [-0.4, -0.2) is 27.4 Å². The Morgan fingerprint density at radius 2 is 2.00 bits per heavy atom.